The number of anilines is 1. The number of fused-ring (bicyclic) bond motifs is 2. The summed E-state index contributed by atoms with van der Waals surface area (Å²) < 4.78 is 0. The van der Waals surface area contributed by atoms with Gasteiger partial charge in [-0.2, -0.15) is 5.10 Å². The van der Waals surface area contributed by atoms with E-state index >= 15 is 0 Å². The van der Waals surface area contributed by atoms with Gasteiger partial charge in [-0.1, -0.05) is 24.3 Å². The first-order valence-electron chi connectivity index (χ1n) is 8.66. The summed E-state index contributed by atoms with van der Waals surface area (Å²) in [6.07, 6.45) is 3.92. The molecule has 5 heteroatoms. The zero-order valence-electron chi connectivity index (χ0n) is 14.0. The van der Waals surface area contributed by atoms with Crippen molar-refractivity contribution >= 4 is 11.7 Å². The Morgan fingerprint density at radius 3 is 2.96 bits per heavy atom. The molecule has 0 spiro atoms. The van der Waals surface area contributed by atoms with E-state index in [1.807, 2.05) is 24.1 Å². The van der Waals surface area contributed by atoms with E-state index < -0.39 is 0 Å². The van der Waals surface area contributed by atoms with Crippen LogP contribution in [0.15, 0.2) is 30.3 Å². The van der Waals surface area contributed by atoms with E-state index in [0.29, 0.717) is 6.54 Å². The molecule has 1 N–H and O–H groups in total. The van der Waals surface area contributed by atoms with Crippen LogP contribution < -0.4 is 5.32 Å². The number of benzene rings is 1. The molecular weight excluding hydrogens is 300 g/mol. The highest BCUT2D eigenvalue weighted by molar-refractivity contribution is 5.84. The van der Waals surface area contributed by atoms with Crippen LogP contribution in [0.2, 0.25) is 0 Å². The largest absolute Gasteiger partial charge is 0.372 e. The molecule has 0 saturated heterocycles. The van der Waals surface area contributed by atoms with E-state index in [0.717, 1.165) is 49.3 Å². The molecule has 0 fully saturated rings. The van der Waals surface area contributed by atoms with Crippen LogP contribution in [0.1, 0.15) is 41.1 Å². The number of carbonyl (C=O) groups excluding carboxylic acids is 1. The number of carbonyl (C=O) groups is 1. The molecule has 2 aliphatic rings. The predicted molar refractivity (Wildman–Crippen MR) is 92.8 cm³/mol. The monoisotopic (exact) mass is 322 g/mol. The Bertz CT molecular complexity index is 774. The lowest BCUT2D eigenvalue weighted by Gasteiger charge is -2.33. The summed E-state index contributed by atoms with van der Waals surface area (Å²) in [4.78, 5) is 15.2. The van der Waals surface area contributed by atoms with Crippen LogP contribution in [0.5, 0.6) is 0 Å². The second-order valence-electron chi connectivity index (χ2n) is 6.60. The van der Waals surface area contributed by atoms with E-state index in [1.165, 1.54) is 11.1 Å². The number of aryl methyl sites for hydroxylation is 1. The lowest BCUT2D eigenvalue weighted by Crippen LogP contribution is -2.40. The van der Waals surface area contributed by atoms with Crippen molar-refractivity contribution in [3.63, 3.8) is 0 Å². The van der Waals surface area contributed by atoms with Crippen LogP contribution in [0.4, 0.5) is 5.82 Å². The zero-order chi connectivity index (χ0) is 16.5. The molecular formula is C19H22N4O. The van der Waals surface area contributed by atoms with E-state index in [9.17, 15) is 4.79 Å². The maximum atomic E-state index is 13.2. The first-order valence-corrected chi connectivity index (χ1v) is 8.66. The Balaban J connectivity index is 1.58. The molecule has 1 aliphatic heterocycles. The third kappa shape index (κ3) is 2.64. The first-order chi connectivity index (χ1) is 11.8. The minimum atomic E-state index is 0.00932. The Labute approximate surface area is 142 Å². The molecule has 24 heavy (non-hydrogen) atoms. The molecule has 5 nitrogen and oxygen atoms in total. The maximum Gasteiger partial charge on any atom is 0.230 e. The normalized spacial score (nSPS) is 19.4. The molecule has 4 rings (SSSR count). The lowest BCUT2D eigenvalue weighted by molar-refractivity contribution is -0.134. The smallest absolute Gasteiger partial charge is 0.230 e. The van der Waals surface area contributed by atoms with Crippen LogP contribution in [-0.4, -0.2) is 34.6 Å². The van der Waals surface area contributed by atoms with Gasteiger partial charge in [0.2, 0.25) is 5.91 Å². The number of hydrogen-bond acceptors (Lipinski definition) is 4. The third-order valence-electron chi connectivity index (χ3n) is 5.18. The number of aromatic nitrogens is 2. The van der Waals surface area contributed by atoms with Gasteiger partial charge in [-0.15, -0.1) is 5.10 Å². The molecule has 1 aliphatic carbocycles. The van der Waals surface area contributed by atoms with Gasteiger partial charge in [-0.3, -0.25) is 4.79 Å². The molecule has 0 radical (unpaired) electrons. The minimum absolute atomic E-state index is 0.00932. The van der Waals surface area contributed by atoms with Crippen molar-refractivity contribution < 1.29 is 4.79 Å². The molecule has 2 heterocycles. The quantitative estimate of drug-likeness (QED) is 0.923. The van der Waals surface area contributed by atoms with Crippen molar-refractivity contribution in [2.45, 2.75) is 38.1 Å². The first kappa shape index (κ1) is 15.1. The van der Waals surface area contributed by atoms with Crippen molar-refractivity contribution in [2.75, 3.05) is 18.9 Å². The Morgan fingerprint density at radius 1 is 1.21 bits per heavy atom. The predicted octanol–water partition coefficient (Wildman–Crippen LogP) is 2.52. The second kappa shape index (κ2) is 6.23. The summed E-state index contributed by atoms with van der Waals surface area (Å²) in [6.45, 7) is 1.37. The summed E-state index contributed by atoms with van der Waals surface area (Å²) in [6, 6.07) is 10.4. The average Bonchev–Trinajstić information content (AvgIpc) is 2.66. The molecule has 124 valence electrons. The summed E-state index contributed by atoms with van der Waals surface area (Å²) in [5.41, 5.74) is 4.69. The second-order valence-corrected chi connectivity index (χ2v) is 6.60. The van der Waals surface area contributed by atoms with Crippen molar-refractivity contribution in [3.05, 3.63) is 52.7 Å². The fourth-order valence-electron chi connectivity index (χ4n) is 3.87. The number of amides is 1. The average molecular weight is 322 g/mol. The van der Waals surface area contributed by atoms with Crippen LogP contribution >= 0.6 is 0 Å². The molecule has 1 amide bonds. The van der Waals surface area contributed by atoms with Crippen molar-refractivity contribution in [1.29, 1.82) is 0 Å². The molecule has 0 saturated carbocycles. The third-order valence-corrected chi connectivity index (χ3v) is 5.18. The lowest BCUT2D eigenvalue weighted by atomic mass is 9.82. The van der Waals surface area contributed by atoms with Gasteiger partial charge in [0.15, 0.2) is 0 Å². The highest BCUT2D eigenvalue weighted by Crippen LogP contribution is 2.34. The van der Waals surface area contributed by atoms with Gasteiger partial charge in [-0.05, 0) is 42.0 Å². The molecule has 0 unspecified atom stereocenters. The topological polar surface area (TPSA) is 58.1 Å². The van der Waals surface area contributed by atoms with Crippen molar-refractivity contribution in [3.8, 4) is 0 Å². The van der Waals surface area contributed by atoms with Crippen molar-refractivity contribution in [2.24, 2.45) is 0 Å². The Kier molecular flexibility index (Phi) is 3.92. The zero-order valence-corrected chi connectivity index (χ0v) is 14.0. The fraction of sp³-hybridized carbons (Fsp3) is 0.421. The van der Waals surface area contributed by atoms with Gasteiger partial charge in [0.25, 0.3) is 0 Å². The van der Waals surface area contributed by atoms with E-state index in [1.54, 1.807) is 0 Å². The number of hydrogen-bond donors (Lipinski definition) is 1. The van der Waals surface area contributed by atoms with E-state index in [2.05, 4.69) is 33.7 Å². The highest BCUT2D eigenvalue weighted by atomic mass is 16.2. The maximum absolute atomic E-state index is 13.2. The van der Waals surface area contributed by atoms with Gasteiger partial charge >= 0.3 is 0 Å². The Morgan fingerprint density at radius 2 is 2.08 bits per heavy atom. The highest BCUT2D eigenvalue weighted by Gasteiger charge is 2.31. The SMILES string of the molecule is CNc1cc2c(nn1)CCN(C(=O)[C@H]1CCCc3ccccc31)C2. The van der Waals surface area contributed by atoms with Gasteiger partial charge in [0.05, 0.1) is 11.6 Å². The summed E-state index contributed by atoms with van der Waals surface area (Å²) in [5.74, 6) is 1.02. The number of nitrogens with zero attached hydrogens (tertiary/aromatic N) is 3. The summed E-state index contributed by atoms with van der Waals surface area (Å²) in [7, 11) is 1.83. The standard InChI is InChI=1S/C19H22N4O/c1-20-18-11-14-12-23(10-9-17(14)21-22-18)19(24)16-8-4-6-13-5-2-3-7-15(13)16/h2-3,5,7,11,16H,4,6,8-10,12H2,1H3,(H,20,22)/t16-/m0/s1. The minimum Gasteiger partial charge on any atom is -0.372 e. The molecule has 1 aromatic carbocycles. The number of rotatable bonds is 2. The Hall–Kier alpha value is -2.43. The molecule has 2 aromatic rings. The van der Waals surface area contributed by atoms with Gasteiger partial charge in [-0.25, -0.2) is 0 Å². The summed E-state index contributed by atoms with van der Waals surface area (Å²) in [5, 5.41) is 11.4. The van der Waals surface area contributed by atoms with Crippen LogP contribution in [0.3, 0.4) is 0 Å². The number of nitrogens with one attached hydrogen (secondary N) is 1. The van der Waals surface area contributed by atoms with Crippen LogP contribution in [0, 0.1) is 0 Å². The van der Waals surface area contributed by atoms with E-state index in [4.69, 9.17) is 0 Å². The molecule has 1 atom stereocenters. The summed E-state index contributed by atoms with van der Waals surface area (Å²) >= 11 is 0. The van der Waals surface area contributed by atoms with Gasteiger partial charge in [0, 0.05) is 26.6 Å². The van der Waals surface area contributed by atoms with Crippen LogP contribution in [0.25, 0.3) is 0 Å². The molecule has 1 aromatic heterocycles. The molecule has 0 bridgehead atoms. The van der Waals surface area contributed by atoms with E-state index in [-0.39, 0.29) is 11.8 Å². The van der Waals surface area contributed by atoms with Crippen LogP contribution in [-0.2, 0) is 24.2 Å². The van der Waals surface area contributed by atoms with Gasteiger partial charge < -0.3 is 10.2 Å². The fourth-order valence-corrected chi connectivity index (χ4v) is 3.87. The van der Waals surface area contributed by atoms with Gasteiger partial charge in [0.1, 0.15) is 5.82 Å². The van der Waals surface area contributed by atoms with Crippen molar-refractivity contribution in [1.82, 2.24) is 15.1 Å².